The van der Waals surface area contributed by atoms with Gasteiger partial charge in [0.25, 0.3) is 0 Å². The number of benzene rings is 2. The number of aliphatic hydroxyl groups is 1. The summed E-state index contributed by atoms with van der Waals surface area (Å²) in [5.74, 6) is -0.815. The van der Waals surface area contributed by atoms with E-state index in [9.17, 15) is 27.5 Å². The van der Waals surface area contributed by atoms with Crippen molar-refractivity contribution in [2.24, 2.45) is 11.5 Å². The second-order valence-electron chi connectivity index (χ2n) is 5.96. The summed E-state index contributed by atoms with van der Waals surface area (Å²) in [6, 6.07) is 9.19. The first-order valence-electron chi connectivity index (χ1n) is 8.32. The zero-order valence-electron chi connectivity index (χ0n) is 15.2. The van der Waals surface area contributed by atoms with E-state index in [1.165, 1.54) is 42.5 Å². The Bertz CT molecular complexity index is 772. The largest absolute Gasteiger partial charge is 0.416 e. The molecule has 2 atom stereocenters. The number of hydrogen-bond acceptors (Lipinski definition) is 3. The molecule has 0 aliphatic carbocycles. The lowest BCUT2D eigenvalue weighted by Crippen LogP contribution is -2.30. The molecule has 0 spiro atoms. The highest BCUT2D eigenvalue weighted by atomic mass is 19.4. The van der Waals surface area contributed by atoms with Crippen molar-refractivity contribution >= 4 is 5.91 Å². The molecule has 0 bridgehead atoms. The van der Waals surface area contributed by atoms with E-state index in [0.29, 0.717) is 11.1 Å². The second-order valence-corrected chi connectivity index (χ2v) is 5.96. The summed E-state index contributed by atoms with van der Waals surface area (Å²) in [5, 5.41) is 10.1. The molecule has 0 saturated carbocycles. The van der Waals surface area contributed by atoms with E-state index < -0.39 is 35.6 Å². The maximum Gasteiger partial charge on any atom is 0.416 e. The van der Waals surface area contributed by atoms with Crippen molar-refractivity contribution in [3.63, 3.8) is 0 Å². The van der Waals surface area contributed by atoms with Gasteiger partial charge in [-0.1, -0.05) is 30.3 Å². The molecule has 8 heteroatoms. The molecule has 2 rings (SSSR count). The van der Waals surface area contributed by atoms with Crippen LogP contribution < -0.4 is 11.5 Å². The van der Waals surface area contributed by atoms with Crippen LogP contribution in [0.2, 0.25) is 0 Å². The van der Waals surface area contributed by atoms with E-state index in [4.69, 9.17) is 5.73 Å². The van der Waals surface area contributed by atoms with Crippen LogP contribution in [0.25, 0.3) is 0 Å². The van der Waals surface area contributed by atoms with Gasteiger partial charge in [-0.3, -0.25) is 4.79 Å². The molecular weight excluding hydrogens is 376 g/mol. The van der Waals surface area contributed by atoms with Gasteiger partial charge >= 0.3 is 6.18 Å². The number of amides is 1. The molecule has 152 valence electrons. The molecule has 0 aliphatic rings. The summed E-state index contributed by atoms with van der Waals surface area (Å²) in [4.78, 5) is 9.73. The van der Waals surface area contributed by atoms with Crippen molar-refractivity contribution in [3.8, 4) is 0 Å². The molecule has 4 nitrogen and oxygen atoms in total. The topological polar surface area (TPSA) is 89.3 Å². The van der Waals surface area contributed by atoms with Crippen LogP contribution in [-0.4, -0.2) is 17.1 Å². The molecule has 28 heavy (non-hydrogen) atoms. The second kappa shape index (κ2) is 10.6. The first kappa shape index (κ1) is 23.3. The van der Waals surface area contributed by atoms with Crippen LogP contribution in [0.1, 0.15) is 29.7 Å². The summed E-state index contributed by atoms with van der Waals surface area (Å²) < 4.78 is 50.2. The van der Waals surface area contributed by atoms with Crippen LogP contribution in [-0.2, 0) is 17.4 Å². The van der Waals surface area contributed by atoms with Gasteiger partial charge in [0.1, 0.15) is 5.82 Å². The molecule has 0 aliphatic heterocycles. The Morgan fingerprint density at radius 3 is 2.04 bits per heavy atom. The molecular formula is C20H22F4N2O2. The van der Waals surface area contributed by atoms with Gasteiger partial charge < -0.3 is 16.6 Å². The molecule has 0 saturated heterocycles. The minimum absolute atomic E-state index is 0.205. The monoisotopic (exact) mass is 398 g/mol. The first-order chi connectivity index (χ1) is 13.0. The van der Waals surface area contributed by atoms with Gasteiger partial charge in [0.15, 0.2) is 0 Å². The maximum atomic E-state index is 12.8. The zero-order chi connectivity index (χ0) is 21.3. The minimum atomic E-state index is -4.38. The van der Waals surface area contributed by atoms with Gasteiger partial charge in [-0.15, -0.1) is 0 Å². The quantitative estimate of drug-likeness (QED) is 0.532. The van der Waals surface area contributed by atoms with Crippen molar-refractivity contribution < 1.29 is 27.5 Å². The number of alkyl halides is 3. The van der Waals surface area contributed by atoms with Gasteiger partial charge in [0.05, 0.1) is 11.7 Å². The van der Waals surface area contributed by atoms with Gasteiger partial charge in [-0.05, 0) is 54.8 Å². The Morgan fingerprint density at radius 2 is 1.64 bits per heavy atom. The summed E-state index contributed by atoms with van der Waals surface area (Å²) in [5.41, 5.74) is 10.9. The highest BCUT2D eigenvalue weighted by molar-refractivity contribution is 5.85. The lowest BCUT2D eigenvalue weighted by Gasteiger charge is -2.19. The van der Waals surface area contributed by atoms with E-state index in [0.717, 1.165) is 12.1 Å². The molecule has 0 radical (unpaired) electrons. The highest BCUT2D eigenvalue weighted by Crippen LogP contribution is 2.29. The predicted octanol–water partition coefficient (Wildman–Crippen LogP) is 3.50. The standard InChI is InChI=1S/C16H15F4NO.C4H7NO/c17-13-7-3-11(4-8-13)15(22)14(21)9-10-1-5-12(6-2-10)16(18,19)20;1-2-3-4(5)6/h1-8,14-15,22H,9,21H2;2-3H,1H3,(H2,5,6). The number of aliphatic hydroxyl groups excluding tert-OH is 1. The number of primary amides is 1. The zero-order valence-corrected chi connectivity index (χ0v) is 15.2. The minimum Gasteiger partial charge on any atom is -0.387 e. The summed E-state index contributed by atoms with van der Waals surface area (Å²) in [6.07, 6.45) is -2.30. The fraction of sp³-hybridized carbons (Fsp3) is 0.250. The number of carbonyl (C=O) groups excluding carboxylic acids is 1. The maximum absolute atomic E-state index is 12.8. The molecule has 0 aromatic heterocycles. The SMILES string of the molecule is CC=CC(N)=O.NC(Cc1ccc(C(F)(F)F)cc1)C(O)c1ccc(F)cc1. The van der Waals surface area contributed by atoms with Crippen LogP contribution in [0.15, 0.2) is 60.7 Å². The van der Waals surface area contributed by atoms with Crippen LogP contribution in [0.5, 0.6) is 0 Å². The number of carbonyl (C=O) groups is 1. The fourth-order valence-corrected chi connectivity index (χ4v) is 2.29. The van der Waals surface area contributed by atoms with E-state index in [-0.39, 0.29) is 6.42 Å². The van der Waals surface area contributed by atoms with Gasteiger partial charge in [0.2, 0.25) is 5.91 Å². The van der Waals surface area contributed by atoms with E-state index in [1.54, 1.807) is 13.0 Å². The fourth-order valence-electron chi connectivity index (χ4n) is 2.29. The van der Waals surface area contributed by atoms with Crippen LogP contribution >= 0.6 is 0 Å². The van der Waals surface area contributed by atoms with Crippen molar-refractivity contribution in [2.45, 2.75) is 31.7 Å². The number of halogens is 4. The smallest absolute Gasteiger partial charge is 0.387 e. The summed E-state index contributed by atoms with van der Waals surface area (Å²) in [7, 11) is 0. The molecule has 0 heterocycles. The number of allylic oxidation sites excluding steroid dienone is 1. The van der Waals surface area contributed by atoms with E-state index >= 15 is 0 Å². The average molecular weight is 398 g/mol. The molecule has 2 unspecified atom stereocenters. The Balaban J connectivity index is 0.000000568. The highest BCUT2D eigenvalue weighted by Gasteiger charge is 2.30. The van der Waals surface area contributed by atoms with Gasteiger partial charge in [0, 0.05) is 6.04 Å². The van der Waals surface area contributed by atoms with Crippen molar-refractivity contribution in [2.75, 3.05) is 0 Å². The first-order valence-corrected chi connectivity index (χ1v) is 8.32. The number of hydrogen-bond donors (Lipinski definition) is 3. The Labute approximate surface area is 160 Å². The lowest BCUT2D eigenvalue weighted by molar-refractivity contribution is -0.137. The van der Waals surface area contributed by atoms with E-state index in [1.807, 2.05) is 0 Å². The Kier molecular flexibility index (Phi) is 8.81. The van der Waals surface area contributed by atoms with Crippen LogP contribution in [0.4, 0.5) is 17.6 Å². The van der Waals surface area contributed by atoms with Crippen LogP contribution in [0, 0.1) is 5.82 Å². The molecule has 2 aromatic rings. The number of nitrogens with two attached hydrogens (primary N) is 2. The lowest BCUT2D eigenvalue weighted by atomic mass is 9.96. The predicted molar refractivity (Wildman–Crippen MR) is 98.5 cm³/mol. The molecule has 1 amide bonds. The third kappa shape index (κ3) is 7.89. The molecule has 5 N–H and O–H groups in total. The van der Waals surface area contributed by atoms with E-state index in [2.05, 4.69) is 5.73 Å². The molecule has 0 fully saturated rings. The van der Waals surface area contributed by atoms with Gasteiger partial charge in [-0.25, -0.2) is 4.39 Å². The van der Waals surface area contributed by atoms with Crippen LogP contribution in [0.3, 0.4) is 0 Å². The summed E-state index contributed by atoms with van der Waals surface area (Å²) in [6.45, 7) is 1.74. The third-order valence-electron chi connectivity index (χ3n) is 3.70. The van der Waals surface area contributed by atoms with Crippen molar-refractivity contribution in [1.82, 2.24) is 0 Å². The summed E-state index contributed by atoms with van der Waals surface area (Å²) >= 11 is 0. The number of rotatable bonds is 5. The normalized spacial score (nSPS) is 13.5. The Hall–Kier alpha value is -2.71. The van der Waals surface area contributed by atoms with Crippen molar-refractivity contribution in [3.05, 3.63) is 83.2 Å². The average Bonchev–Trinajstić information content (AvgIpc) is 2.62. The Morgan fingerprint density at radius 1 is 1.11 bits per heavy atom. The van der Waals surface area contributed by atoms with Crippen molar-refractivity contribution in [1.29, 1.82) is 0 Å². The van der Waals surface area contributed by atoms with Gasteiger partial charge in [-0.2, -0.15) is 13.2 Å². The third-order valence-corrected chi connectivity index (χ3v) is 3.70. The molecule has 2 aromatic carbocycles.